The number of phenols is 1. The van der Waals surface area contributed by atoms with Crippen molar-refractivity contribution in [3.8, 4) is 16.9 Å². The van der Waals surface area contributed by atoms with Gasteiger partial charge in [0.2, 0.25) is 0 Å². The summed E-state index contributed by atoms with van der Waals surface area (Å²) in [7, 11) is 0. The van der Waals surface area contributed by atoms with Crippen LogP contribution in [0.15, 0.2) is 72.8 Å². The van der Waals surface area contributed by atoms with Crippen molar-refractivity contribution in [3.05, 3.63) is 89.5 Å². The molecule has 0 saturated heterocycles. The molecule has 0 unspecified atom stereocenters. The van der Waals surface area contributed by atoms with E-state index in [-0.39, 0.29) is 17.1 Å². The number of rotatable bonds is 4. The smallest absolute Gasteiger partial charge is 0.251 e. The lowest BCUT2D eigenvalue weighted by Gasteiger charge is -2.20. The maximum Gasteiger partial charge on any atom is 0.251 e. The Labute approximate surface area is 160 Å². The van der Waals surface area contributed by atoms with Gasteiger partial charge in [-0.15, -0.1) is 0 Å². The second-order valence-corrected chi connectivity index (χ2v) is 7.76. The fourth-order valence-corrected chi connectivity index (χ4v) is 2.91. The van der Waals surface area contributed by atoms with E-state index >= 15 is 0 Å². The minimum atomic E-state index is -0.100. The highest BCUT2D eigenvalue weighted by Gasteiger charge is 2.16. The standard InChI is InChI=1S/C24H25NO2/c1-24(2,3)21-13-20(14-22(26)15-21)18-9-11-19(12-10-18)23(27)25-16-17-7-5-4-6-8-17/h4-15,26H,16H2,1-3H3,(H,25,27). The molecule has 0 aromatic heterocycles. The topological polar surface area (TPSA) is 49.3 Å². The highest BCUT2D eigenvalue weighted by Crippen LogP contribution is 2.31. The Balaban J connectivity index is 1.75. The lowest BCUT2D eigenvalue weighted by Crippen LogP contribution is -2.22. The molecule has 0 fully saturated rings. The van der Waals surface area contributed by atoms with E-state index in [0.717, 1.165) is 22.3 Å². The second kappa shape index (κ2) is 7.67. The first-order valence-electron chi connectivity index (χ1n) is 9.10. The number of carbonyl (C=O) groups is 1. The molecule has 3 nitrogen and oxygen atoms in total. The third kappa shape index (κ3) is 4.76. The maximum absolute atomic E-state index is 12.4. The lowest BCUT2D eigenvalue weighted by atomic mass is 9.85. The molecular weight excluding hydrogens is 334 g/mol. The summed E-state index contributed by atoms with van der Waals surface area (Å²) in [4.78, 5) is 12.4. The number of benzene rings is 3. The van der Waals surface area contributed by atoms with E-state index in [1.54, 1.807) is 12.1 Å². The van der Waals surface area contributed by atoms with Crippen LogP contribution in [0.2, 0.25) is 0 Å². The Kier molecular flexibility index (Phi) is 5.31. The predicted octanol–water partition coefficient (Wildman–Crippen LogP) is 5.29. The second-order valence-electron chi connectivity index (χ2n) is 7.76. The minimum absolute atomic E-state index is 0.0508. The van der Waals surface area contributed by atoms with E-state index in [2.05, 4.69) is 32.2 Å². The van der Waals surface area contributed by atoms with Crippen LogP contribution in [-0.2, 0) is 12.0 Å². The van der Waals surface area contributed by atoms with Gasteiger partial charge in [0.05, 0.1) is 0 Å². The minimum Gasteiger partial charge on any atom is -0.508 e. The number of aromatic hydroxyl groups is 1. The van der Waals surface area contributed by atoms with E-state index in [4.69, 9.17) is 0 Å². The summed E-state index contributed by atoms with van der Waals surface area (Å²) >= 11 is 0. The molecule has 0 spiro atoms. The van der Waals surface area contributed by atoms with Crippen LogP contribution in [0.25, 0.3) is 11.1 Å². The zero-order valence-electron chi connectivity index (χ0n) is 16.0. The van der Waals surface area contributed by atoms with Crippen molar-refractivity contribution in [3.63, 3.8) is 0 Å². The van der Waals surface area contributed by atoms with E-state index in [1.807, 2.05) is 54.6 Å². The van der Waals surface area contributed by atoms with Crippen molar-refractivity contribution in [2.45, 2.75) is 32.7 Å². The molecule has 0 aliphatic heterocycles. The lowest BCUT2D eigenvalue weighted by molar-refractivity contribution is 0.0951. The average molecular weight is 359 g/mol. The maximum atomic E-state index is 12.4. The molecule has 0 atom stereocenters. The molecule has 0 aliphatic carbocycles. The number of hydrogen-bond donors (Lipinski definition) is 2. The van der Waals surface area contributed by atoms with Gasteiger partial charge in [-0.05, 0) is 51.9 Å². The summed E-state index contributed by atoms with van der Waals surface area (Å²) in [5.74, 6) is 0.152. The van der Waals surface area contributed by atoms with E-state index in [1.165, 1.54) is 0 Å². The van der Waals surface area contributed by atoms with Crippen molar-refractivity contribution in [1.29, 1.82) is 0 Å². The van der Waals surface area contributed by atoms with Gasteiger partial charge in [0, 0.05) is 12.1 Å². The first kappa shape index (κ1) is 18.7. The van der Waals surface area contributed by atoms with Crippen molar-refractivity contribution >= 4 is 5.91 Å². The Hall–Kier alpha value is -3.07. The van der Waals surface area contributed by atoms with Crippen LogP contribution in [0.5, 0.6) is 5.75 Å². The summed E-state index contributed by atoms with van der Waals surface area (Å²) in [6.45, 7) is 6.85. The SMILES string of the molecule is CC(C)(C)c1cc(O)cc(-c2ccc(C(=O)NCc3ccccc3)cc2)c1. The fraction of sp³-hybridized carbons (Fsp3) is 0.208. The molecular formula is C24H25NO2. The van der Waals surface area contributed by atoms with Crippen LogP contribution >= 0.6 is 0 Å². The molecule has 3 aromatic carbocycles. The van der Waals surface area contributed by atoms with Crippen LogP contribution < -0.4 is 5.32 Å². The molecule has 3 rings (SSSR count). The molecule has 0 aliphatic rings. The number of carbonyl (C=O) groups excluding carboxylic acids is 1. The zero-order valence-corrected chi connectivity index (χ0v) is 16.0. The molecule has 0 heterocycles. The Morgan fingerprint density at radius 1 is 0.889 bits per heavy atom. The molecule has 3 heteroatoms. The van der Waals surface area contributed by atoms with Gasteiger partial charge in [0.1, 0.15) is 5.75 Å². The number of amides is 1. The van der Waals surface area contributed by atoms with Gasteiger partial charge in [0.15, 0.2) is 0 Å². The molecule has 1 amide bonds. The summed E-state index contributed by atoms with van der Waals surface area (Å²) in [5, 5.41) is 13.0. The predicted molar refractivity (Wildman–Crippen MR) is 110 cm³/mol. The van der Waals surface area contributed by atoms with Gasteiger partial charge in [-0.1, -0.05) is 69.3 Å². The zero-order chi connectivity index (χ0) is 19.4. The first-order valence-corrected chi connectivity index (χ1v) is 9.10. The van der Waals surface area contributed by atoms with Crippen LogP contribution in [0.1, 0.15) is 42.3 Å². The fourth-order valence-electron chi connectivity index (χ4n) is 2.91. The Morgan fingerprint density at radius 3 is 2.19 bits per heavy atom. The monoisotopic (exact) mass is 359 g/mol. The van der Waals surface area contributed by atoms with E-state index in [0.29, 0.717) is 12.1 Å². The molecule has 0 saturated carbocycles. The molecule has 0 bridgehead atoms. The number of phenolic OH excluding ortho intramolecular Hbond substituents is 1. The van der Waals surface area contributed by atoms with Gasteiger partial charge >= 0.3 is 0 Å². The van der Waals surface area contributed by atoms with Crippen molar-refractivity contribution < 1.29 is 9.90 Å². The third-order valence-electron chi connectivity index (χ3n) is 4.56. The largest absolute Gasteiger partial charge is 0.508 e. The molecule has 138 valence electrons. The van der Waals surface area contributed by atoms with Gasteiger partial charge in [-0.3, -0.25) is 4.79 Å². The van der Waals surface area contributed by atoms with E-state index < -0.39 is 0 Å². The number of nitrogens with one attached hydrogen (secondary N) is 1. The van der Waals surface area contributed by atoms with Crippen LogP contribution in [0.4, 0.5) is 0 Å². The van der Waals surface area contributed by atoms with Gasteiger partial charge in [-0.2, -0.15) is 0 Å². The first-order chi connectivity index (χ1) is 12.8. The van der Waals surface area contributed by atoms with Crippen LogP contribution in [-0.4, -0.2) is 11.0 Å². The van der Waals surface area contributed by atoms with Crippen molar-refractivity contribution in [2.24, 2.45) is 0 Å². The summed E-state index contributed by atoms with van der Waals surface area (Å²) in [6, 6.07) is 22.9. The highest BCUT2D eigenvalue weighted by molar-refractivity contribution is 5.94. The van der Waals surface area contributed by atoms with Gasteiger partial charge in [-0.25, -0.2) is 0 Å². The average Bonchev–Trinajstić information content (AvgIpc) is 2.66. The van der Waals surface area contributed by atoms with Crippen LogP contribution in [0.3, 0.4) is 0 Å². The summed E-state index contributed by atoms with van der Waals surface area (Å²) < 4.78 is 0. The molecule has 2 N–H and O–H groups in total. The third-order valence-corrected chi connectivity index (χ3v) is 4.56. The normalized spacial score (nSPS) is 11.2. The summed E-state index contributed by atoms with van der Waals surface area (Å²) in [5.41, 5.74) is 4.61. The Morgan fingerprint density at radius 2 is 1.56 bits per heavy atom. The van der Waals surface area contributed by atoms with Crippen LogP contribution in [0, 0.1) is 0 Å². The van der Waals surface area contributed by atoms with E-state index in [9.17, 15) is 9.90 Å². The molecule has 3 aromatic rings. The van der Waals surface area contributed by atoms with Gasteiger partial charge in [0.25, 0.3) is 5.91 Å². The Bertz CT molecular complexity index is 923. The number of hydrogen-bond acceptors (Lipinski definition) is 2. The van der Waals surface area contributed by atoms with Crippen molar-refractivity contribution in [1.82, 2.24) is 5.32 Å². The highest BCUT2D eigenvalue weighted by atomic mass is 16.3. The summed E-state index contributed by atoms with van der Waals surface area (Å²) in [6.07, 6.45) is 0. The molecule has 0 radical (unpaired) electrons. The molecule has 27 heavy (non-hydrogen) atoms. The van der Waals surface area contributed by atoms with Crippen molar-refractivity contribution in [2.75, 3.05) is 0 Å². The van der Waals surface area contributed by atoms with Gasteiger partial charge < -0.3 is 10.4 Å². The quantitative estimate of drug-likeness (QED) is 0.665.